The number of likely N-dealkylation sites (N-methyl/N-ethyl adjacent to an activating group) is 4. The quantitative estimate of drug-likeness (QED) is 0.0257. The molecule has 1 fully saturated rings. The number of unbranched alkanes of at least 4 members (excludes halogenated alkanes) is 1. The molecular weight excluding hydrogens is 1730 g/mol. The number of nitrogens with two attached hydrogens (primary N) is 2. The summed E-state index contributed by atoms with van der Waals surface area (Å²) in [7, 11) is 5.65. The third kappa shape index (κ3) is 30.7. The van der Waals surface area contributed by atoms with Crippen LogP contribution in [-0.4, -0.2) is 265 Å². The van der Waals surface area contributed by atoms with Crippen LogP contribution in [0.2, 0.25) is 0 Å². The maximum atomic E-state index is 15.8. The molecule has 7 aromatic rings. The molecular formula is C97H126N16O19S. The van der Waals surface area contributed by atoms with Crippen molar-refractivity contribution in [1.82, 2.24) is 72.0 Å². The number of H-pyrrole nitrogens is 1. The van der Waals surface area contributed by atoms with Crippen LogP contribution in [0.5, 0.6) is 11.5 Å². The number of aromatic amines is 1. The number of aromatic hydroxyl groups is 2. The molecule has 1 aliphatic heterocycles. The Morgan fingerprint density at radius 3 is 1.53 bits per heavy atom. The largest absolute Gasteiger partial charge is 0.508 e. The van der Waals surface area contributed by atoms with Crippen molar-refractivity contribution in [2.75, 3.05) is 59.3 Å². The molecule has 16 N–H and O–H groups in total. The molecule has 2 heterocycles. The number of aromatic nitrogens is 1. The first kappa shape index (κ1) is 105. The van der Waals surface area contributed by atoms with E-state index in [-0.39, 0.29) is 93.9 Å². The lowest BCUT2D eigenvalue weighted by molar-refractivity contribution is -0.151. The minimum absolute atomic E-state index is 0.0200. The predicted molar refractivity (Wildman–Crippen MR) is 500 cm³/mol. The number of rotatable bonds is 50. The minimum Gasteiger partial charge on any atom is -0.508 e. The van der Waals surface area contributed by atoms with Gasteiger partial charge in [0.15, 0.2) is 0 Å². The highest BCUT2D eigenvalue weighted by Gasteiger charge is 2.50. The van der Waals surface area contributed by atoms with Crippen LogP contribution in [0.15, 0.2) is 170 Å². The summed E-state index contributed by atoms with van der Waals surface area (Å²) in [6.45, 7) is 10.5. The molecule has 0 saturated carbocycles. The van der Waals surface area contributed by atoms with Crippen LogP contribution in [0.4, 0.5) is 0 Å². The molecule has 0 spiro atoms. The number of carboxylic acids is 1. The Hall–Kier alpha value is -13.7. The number of benzene rings is 6. The molecule has 12 atom stereocenters. The number of nitrogens with one attached hydrogen (secondary N) is 9. The van der Waals surface area contributed by atoms with Gasteiger partial charge in [-0.05, 0) is 108 Å². The second-order valence-corrected chi connectivity index (χ2v) is 35.9. The lowest BCUT2D eigenvalue weighted by atomic mass is 9.94. The number of carbonyl (C=O) groups is 16. The van der Waals surface area contributed by atoms with E-state index < -0.39 is 198 Å². The lowest BCUT2D eigenvalue weighted by Crippen LogP contribution is -2.64. The highest BCUT2D eigenvalue weighted by Crippen LogP contribution is 2.33. The third-order valence-corrected chi connectivity index (χ3v) is 24.6. The number of carboxylic acid groups (broad SMARTS) is 1. The number of phenolic OH excluding ortho intramolecular Hbond substituents is 2. The Labute approximate surface area is 778 Å². The van der Waals surface area contributed by atoms with Gasteiger partial charge in [-0.3, -0.25) is 76.7 Å². The molecule has 0 aliphatic carbocycles. The van der Waals surface area contributed by atoms with Crippen molar-refractivity contribution in [3.8, 4) is 11.5 Å². The van der Waals surface area contributed by atoms with Crippen molar-refractivity contribution in [1.29, 1.82) is 0 Å². The first-order valence-electron chi connectivity index (χ1n) is 44.5. The zero-order valence-corrected chi connectivity index (χ0v) is 77.9. The molecule has 1 aliphatic rings. The van der Waals surface area contributed by atoms with Crippen molar-refractivity contribution >= 4 is 117 Å². The molecule has 6 aromatic carbocycles. The normalized spacial score (nSPS) is 15.4. The highest BCUT2D eigenvalue weighted by molar-refractivity contribution is 8.00. The summed E-state index contributed by atoms with van der Waals surface area (Å²) in [5, 5.41) is 53.0. The van der Waals surface area contributed by atoms with Gasteiger partial charge in [0.2, 0.25) is 88.6 Å². The highest BCUT2D eigenvalue weighted by atomic mass is 32.2. The predicted octanol–water partition coefficient (Wildman–Crippen LogP) is 3.87. The monoisotopic (exact) mass is 1850 g/mol. The standard InChI is InChI=1S/C97H126N16O19S/c1-12-13-34-77(93(129)109(8)55-81(99)117)110(9)94(130)79(51-63-30-21-16-22-31-63)112(11)91(127)74(48-61-26-17-14-18-27-61)102-82(118)57-133-56-76(86(122)101-54-80(98)116)106-87(123)71(45-58(2)3)103-88(124)72(47-64-35-39-67(114)40-36-64)104-89(125)73(52-66-53-100-70-33-24-23-32-69(66)70)107-96(132)97(7)43-25-44-113(97)92(128)75(49-65-37-41-68(115)42-38-65)105-90(126)78(50-62-28-19-15-20-29-62)111(10)95(131)84(59(4)5)108-85(121)60(6)46-83(119)120/h14-24,26-33,35-42,53,58-60,71-79,84,100,114-115H,12-13,25,34,43-52,54-57H2,1-11H3,(H2,98,116)(H2,99,117)(H,101,122)(H,102,118)(H,103,124)(H,104,125)(H,105,126)(H,106,123)(H,107,132)(H,108,121)(H,119,120)/t60-,71-,72-,73-,74-,75-,76-,77-,78-,79-,84-,97+/m0/s1. The summed E-state index contributed by atoms with van der Waals surface area (Å²) in [5.74, 6) is -16.1. The van der Waals surface area contributed by atoms with E-state index in [1.807, 2.05) is 6.92 Å². The van der Waals surface area contributed by atoms with Gasteiger partial charge in [0.1, 0.15) is 77.5 Å². The van der Waals surface area contributed by atoms with E-state index in [1.165, 1.54) is 93.1 Å². The first-order valence-corrected chi connectivity index (χ1v) is 45.7. The van der Waals surface area contributed by atoms with E-state index in [4.69, 9.17) is 11.5 Å². The number of para-hydroxylation sites is 1. The van der Waals surface area contributed by atoms with Crippen molar-refractivity contribution in [3.63, 3.8) is 0 Å². The molecule has 1 aromatic heterocycles. The van der Waals surface area contributed by atoms with Crippen molar-refractivity contribution in [2.45, 2.75) is 198 Å². The van der Waals surface area contributed by atoms with Crippen LogP contribution < -0.4 is 54.0 Å². The summed E-state index contributed by atoms with van der Waals surface area (Å²) < 4.78 is 0. The molecule has 36 heteroatoms. The van der Waals surface area contributed by atoms with Gasteiger partial charge in [-0.2, -0.15) is 0 Å². The van der Waals surface area contributed by atoms with Gasteiger partial charge in [-0.25, -0.2) is 0 Å². The van der Waals surface area contributed by atoms with Crippen LogP contribution in [-0.2, 0) is 115 Å². The fourth-order valence-corrected chi connectivity index (χ4v) is 16.9. The summed E-state index contributed by atoms with van der Waals surface area (Å²) in [6, 6.07) is 31.1. The number of fused-ring (bicyclic) bond motifs is 1. The number of hydrogen-bond acceptors (Lipinski definition) is 19. The second-order valence-electron chi connectivity index (χ2n) is 34.9. The van der Waals surface area contributed by atoms with Gasteiger partial charge in [0, 0.05) is 102 Å². The maximum Gasteiger partial charge on any atom is 0.304 e. The number of primary amides is 2. The van der Waals surface area contributed by atoms with E-state index in [2.05, 4.69) is 47.5 Å². The van der Waals surface area contributed by atoms with Crippen LogP contribution in [0.1, 0.15) is 127 Å². The van der Waals surface area contributed by atoms with Crippen LogP contribution in [0.3, 0.4) is 0 Å². The van der Waals surface area contributed by atoms with Gasteiger partial charge in [0.25, 0.3) is 0 Å². The molecule has 8 rings (SSSR count). The van der Waals surface area contributed by atoms with E-state index in [0.29, 0.717) is 57.1 Å². The molecule has 15 amide bonds. The van der Waals surface area contributed by atoms with Crippen LogP contribution >= 0.6 is 11.8 Å². The molecule has 714 valence electrons. The number of likely N-dealkylation sites (tertiary alicyclic amines) is 1. The Morgan fingerprint density at radius 2 is 0.985 bits per heavy atom. The summed E-state index contributed by atoms with van der Waals surface area (Å²) in [5.41, 5.74) is 13.1. The first-order chi connectivity index (χ1) is 63.2. The Bertz CT molecular complexity index is 5200. The van der Waals surface area contributed by atoms with Gasteiger partial charge in [-0.1, -0.05) is 188 Å². The number of thioether (sulfide) groups is 1. The second kappa shape index (κ2) is 50.1. The molecule has 133 heavy (non-hydrogen) atoms. The SMILES string of the molecule is CCCC[C@@H](C(=O)N(C)CC(N)=O)N(C)C(=O)[C@H](Cc1ccccc1)N(C)C(=O)[C@H](Cc1ccccc1)NC(=O)CSC[C@H](NC(=O)[C@H](CC(C)C)NC(=O)[C@H](Cc1ccc(O)cc1)NC(=O)[C@H](Cc1c[nH]c2ccccc12)NC(=O)[C@@]1(C)CCCN1C(=O)[C@H](Cc1ccc(O)cc1)NC(=O)[C@H](Cc1ccccc1)N(C)C(=O)[C@@H](NC(=O)[C@@H](C)CC(=O)O)C(C)C)C(=O)NCC(N)=O. The number of hydrogen-bond donors (Lipinski definition) is 14. The Kier molecular flexibility index (Phi) is 39.4. The third-order valence-electron chi connectivity index (χ3n) is 23.6. The van der Waals surface area contributed by atoms with Crippen LogP contribution in [0, 0.1) is 17.8 Å². The van der Waals surface area contributed by atoms with Crippen molar-refractivity contribution in [3.05, 3.63) is 203 Å². The smallest absolute Gasteiger partial charge is 0.304 e. The maximum absolute atomic E-state index is 15.8. The van der Waals surface area contributed by atoms with E-state index in [1.54, 1.807) is 161 Å². The zero-order valence-electron chi connectivity index (χ0n) is 77.1. The van der Waals surface area contributed by atoms with E-state index in [9.17, 15) is 53.7 Å². The number of aliphatic carboxylic acids is 1. The van der Waals surface area contributed by atoms with Gasteiger partial charge in [0.05, 0.1) is 25.3 Å². The molecule has 0 radical (unpaired) electrons. The number of amides is 15. The van der Waals surface area contributed by atoms with Crippen molar-refractivity contribution in [2.24, 2.45) is 29.2 Å². The molecule has 0 bridgehead atoms. The minimum atomic E-state index is -1.79. The molecule has 1 saturated heterocycles. The van der Waals surface area contributed by atoms with Crippen LogP contribution in [0.25, 0.3) is 10.9 Å². The van der Waals surface area contributed by atoms with E-state index >= 15 is 38.4 Å². The number of nitrogens with zero attached hydrogens (tertiary/aromatic N) is 5. The fraction of sp³-hybridized carbons (Fsp3) is 0.443. The van der Waals surface area contributed by atoms with Gasteiger partial charge in [-0.15, -0.1) is 11.8 Å². The van der Waals surface area contributed by atoms with E-state index in [0.717, 1.165) is 21.6 Å². The topological polar surface area (TPSA) is 514 Å². The average molecular weight is 1850 g/mol. The summed E-state index contributed by atoms with van der Waals surface area (Å²) in [6.07, 6.45) is 1.75. The molecule has 0 unspecified atom stereocenters. The number of carbonyl (C=O) groups excluding carboxylic acids is 15. The summed E-state index contributed by atoms with van der Waals surface area (Å²) >= 11 is 0.847. The zero-order chi connectivity index (χ0) is 97.5. The number of phenols is 2. The summed E-state index contributed by atoms with van der Waals surface area (Å²) in [4.78, 5) is 239. The molecule has 35 nitrogen and oxygen atoms in total. The van der Waals surface area contributed by atoms with Gasteiger partial charge >= 0.3 is 5.97 Å². The fourth-order valence-electron chi connectivity index (χ4n) is 16.0. The lowest BCUT2D eigenvalue weighted by Gasteiger charge is -2.38. The van der Waals surface area contributed by atoms with Gasteiger partial charge < -0.3 is 98.8 Å². The Morgan fingerprint density at radius 1 is 0.496 bits per heavy atom. The van der Waals surface area contributed by atoms with Crippen molar-refractivity contribution < 1.29 is 92.0 Å². The Balaban J connectivity index is 1.06. The average Bonchev–Trinajstić information content (AvgIpc) is 1.65.